The number of benzene rings is 2. The van der Waals surface area contributed by atoms with Gasteiger partial charge in [-0.15, -0.1) is 0 Å². The molecule has 10 heteroatoms. The summed E-state index contributed by atoms with van der Waals surface area (Å²) in [7, 11) is 0. The van der Waals surface area contributed by atoms with Crippen LogP contribution in [0.15, 0.2) is 51.8 Å². The Morgan fingerprint density at radius 2 is 2.00 bits per heavy atom. The molecule has 35 heavy (non-hydrogen) atoms. The van der Waals surface area contributed by atoms with Crippen molar-refractivity contribution in [1.29, 1.82) is 5.26 Å². The normalized spacial score (nSPS) is 13.9. The fourth-order valence-corrected chi connectivity index (χ4v) is 4.27. The summed E-state index contributed by atoms with van der Waals surface area (Å²) in [5.74, 6) is 0.0572. The van der Waals surface area contributed by atoms with Crippen molar-refractivity contribution < 1.29 is 13.9 Å². The number of piperazine rings is 1. The first kappa shape index (κ1) is 22.6. The van der Waals surface area contributed by atoms with E-state index >= 15 is 0 Å². The van der Waals surface area contributed by atoms with E-state index in [1.165, 1.54) is 0 Å². The van der Waals surface area contributed by atoms with Crippen LogP contribution < -0.4 is 10.5 Å². The Bertz CT molecular complexity index is 1460. The van der Waals surface area contributed by atoms with Gasteiger partial charge in [0.05, 0.1) is 42.9 Å². The molecular formula is C25H24N6O4. The van der Waals surface area contributed by atoms with Gasteiger partial charge in [0.1, 0.15) is 5.52 Å². The zero-order chi connectivity index (χ0) is 24.2. The lowest BCUT2D eigenvalue weighted by Crippen LogP contribution is -2.49. The average molecular weight is 473 g/mol. The lowest BCUT2D eigenvalue weighted by atomic mass is 10.1. The number of amides is 1. The third kappa shape index (κ3) is 4.85. The SMILES string of the molecule is N#Cc1ccc2oc(N3CCN(C(=O)CCOCCc4cccc5c(=O)[nH]ncc45)CC3)nc2c1. The van der Waals surface area contributed by atoms with Crippen molar-refractivity contribution in [2.75, 3.05) is 44.3 Å². The van der Waals surface area contributed by atoms with Crippen molar-refractivity contribution in [3.63, 3.8) is 0 Å². The van der Waals surface area contributed by atoms with E-state index in [-0.39, 0.29) is 11.5 Å². The molecule has 1 saturated heterocycles. The zero-order valence-electron chi connectivity index (χ0n) is 19.1. The number of fused-ring (bicyclic) bond motifs is 2. The highest BCUT2D eigenvalue weighted by Gasteiger charge is 2.24. The molecule has 2 aromatic carbocycles. The number of H-pyrrole nitrogens is 1. The molecule has 0 unspecified atom stereocenters. The number of nitriles is 1. The van der Waals surface area contributed by atoms with Crippen LogP contribution >= 0.6 is 0 Å². The number of hydrogen-bond donors (Lipinski definition) is 1. The van der Waals surface area contributed by atoms with E-state index in [2.05, 4.69) is 21.3 Å². The first-order valence-electron chi connectivity index (χ1n) is 11.5. The molecule has 10 nitrogen and oxygen atoms in total. The molecule has 0 bridgehead atoms. The Morgan fingerprint density at radius 3 is 2.83 bits per heavy atom. The van der Waals surface area contributed by atoms with Gasteiger partial charge in [-0.1, -0.05) is 12.1 Å². The van der Waals surface area contributed by atoms with E-state index in [0.29, 0.717) is 80.3 Å². The van der Waals surface area contributed by atoms with Gasteiger partial charge in [-0.3, -0.25) is 9.59 Å². The average Bonchev–Trinajstić information content (AvgIpc) is 3.32. The Balaban J connectivity index is 1.07. The second-order valence-corrected chi connectivity index (χ2v) is 8.35. The van der Waals surface area contributed by atoms with E-state index < -0.39 is 0 Å². The van der Waals surface area contributed by atoms with Crippen molar-refractivity contribution in [2.45, 2.75) is 12.8 Å². The summed E-state index contributed by atoms with van der Waals surface area (Å²) in [6.07, 6.45) is 2.60. The van der Waals surface area contributed by atoms with Crippen molar-refractivity contribution >= 4 is 33.8 Å². The second-order valence-electron chi connectivity index (χ2n) is 8.35. The van der Waals surface area contributed by atoms with Crippen LogP contribution in [0.1, 0.15) is 17.5 Å². The van der Waals surface area contributed by atoms with Crippen LogP contribution in [0.2, 0.25) is 0 Å². The minimum absolute atomic E-state index is 0.0572. The standard InChI is InChI=1S/C25H24N6O4/c26-15-17-4-5-22-21(14-17)28-25(35-22)31-10-8-30(9-11-31)23(32)7-13-34-12-6-18-2-1-3-19-20(18)16-27-29-24(19)33/h1-5,14,16H,6-13H2,(H,29,33). The molecule has 1 N–H and O–H groups in total. The predicted octanol–water partition coefficient (Wildman–Crippen LogP) is 2.23. The number of carbonyl (C=O) groups excluding carboxylic acids is 1. The van der Waals surface area contributed by atoms with Crippen molar-refractivity contribution in [2.24, 2.45) is 0 Å². The zero-order valence-corrected chi connectivity index (χ0v) is 19.1. The maximum absolute atomic E-state index is 12.6. The van der Waals surface area contributed by atoms with Gasteiger partial charge in [-0.2, -0.15) is 15.3 Å². The van der Waals surface area contributed by atoms with Crippen LogP contribution in [0.4, 0.5) is 6.01 Å². The molecule has 1 aliphatic heterocycles. The monoisotopic (exact) mass is 472 g/mol. The lowest BCUT2D eigenvalue weighted by Gasteiger charge is -2.33. The van der Waals surface area contributed by atoms with E-state index in [4.69, 9.17) is 14.4 Å². The van der Waals surface area contributed by atoms with Crippen LogP contribution in [0.3, 0.4) is 0 Å². The van der Waals surface area contributed by atoms with Crippen molar-refractivity contribution in [3.05, 3.63) is 64.1 Å². The first-order chi connectivity index (χ1) is 17.1. The van der Waals surface area contributed by atoms with Gasteiger partial charge in [0.25, 0.3) is 11.6 Å². The summed E-state index contributed by atoms with van der Waals surface area (Å²) < 4.78 is 11.5. The molecule has 0 spiro atoms. The fourth-order valence-electron chi connectivity index (χ4n) is 4.27. The third-order valence-corrected chi connectivity index (χ3v) is 6.19. The molecule has 4 aromatic rings. The molecule has 5 rings (SSSR count). The molecule has 0 aliphatic carbocycles. The summed E-state index contributed by atoms with van der Waals surface area (Å²) >= 11 is 0. The van der Waals surface area contributed by atoms with Gasteiger partial charge < -0.3 is 19.0 Å². The number of aromatic nitrogens is 3. The Morgan fingerprint density at radius 1 is 1.14 bits per heavy atom. The van der Waals surface area contributed by atoms with Gasteiger partial charge in [-0.25, -0.2) is 5.10 Å². The molecule has 0 atom stereocenters. The van der Waals surface area contributed by atoms with Gasteiger partial charge in [0.2, 0.25) is 5.91 Å². The van der Waals surface area contributed by atoms with E-state index in [9.17, 15) is 9.59 Å². The molecule has 0 saturated carbocycles. The number of hydrogen-bond acceptors (Lipinski definition) is 8. The molecule has 3 heterocycles. The van der Waals surface area contributed by atoms with E-state index in [1.54, 1.807) is 30.5 Å². The highest BCUT2D eigenvalue weighted by atomic mass is 16.5. The second kappa shape index (κ2) is 9.95. The number of oxazole rings is 1. The minimum atomic E-state index is -0.208. The highest BCUT2D eigenvalue weighted by molar-refractivity contribution is 5.84. The third-order valence-electron chi connectivity index (χ3n) is 6.19. The number of nitrogens with zero attached hydrogens (tertiary/aromatic N) is 5. The number of rotatable bonds is 7. The number of aromatic amines is 1. The number of carbonyl (C=O) groups is 1. The molecule has 178 valence electrons. The van der Waals surface area contributed by atoms with Crippen LogP contribution in [-0.2, 0) is 16.0 Å². The van der Waals surface area contributed by atoms with E-state index in [0.717, 1.165) is 10.9 Å². The minimum Gasteiger partial charge on any atom is -0.423 e. The number of nitrogens with one attached hydrogen (secondary N) is 1. The number of ether oxygens (including phenoxy) is 1. The smallest absolute Gasteiger partial charge is 0.298 e. The lowest BCUT2D eigenvalue weighted by molar-refractivity contribution is -0.132. The van der Waals surface area contributed by atoms with Gasteiger partial charge in [0.15, 0.2) is 5.58 Å². The van der Waals surface area contributed by atoms with Crippen LogP contribution in [0.5, 0.6) is 0 Å². The molecule has 0 radical (unpaired) electrons. The van der Waals surface area contributed by atoms with Crippen molar-refractivity contribution in [1.82, 2.24) is 20.1 Å². The van der Waals surface area contributed by atoms with Gasteiger partial charge in [0, 0.05) is 31.6 Å². The summed E-state index contributed by atoms with van der Waals surface area (Å²) in [5.41, 5.74) is 2.62. The topological polar surface area (TPSA) is 128 Å². The maximum Gasteiger partial charge on any atom is 0.298 e. The van der Waals surface area contributed by atoms with Crippen LogP contribution in [0, 0.1) is 11.3 Å². The Kier molecular flexibility index (Phi) is 6.41. The fraction of sp³-hybridized carbons (Fsp3) is 0.320. The number of anilines is 1. The highest BCUT2D eigenvalue weighted by Crippen LogP contribution is 2.24. The van der Waals surface area contributed by atoms with Crippen molar-refractivity contribution in [3.8, 4) is 6.07 Å². The summed E-state index contributed by atoms with van der Waals surface area (Å²) in [6.45, 7) is 3.21. The molecule has 1 fully saturated rings. The van der Waals surface area contributed by atoms with Gasteiger partial charge >= 0.3 is 0 Å². The quantitative estimate of drug-likeness (QED) is 0.406. The van der Waals surface area contributed by atoms with E-state index in [1.807, 2.05) is 21.9 Å². The van der Waals surface area contributed by atoms with Crippen LogP contribution in [-0.4, -0.2) is 65.4 Å². The Labute approximate surface area is 200 Å². The van der Waals surface area contributed by atoms with Crippen LogP contribution in [0.25, 0.3) is 21.9 Å². The van der Waals surface area contributed by atoms with Gasteiger partial charge in [-0.05, 0) is 36.2 Å². The molecular weight excluding hydrogens is 448 g/mol. The maximum atomic E-state index is 12.6. The summed E-state index contributed by atoms with van der Waals surface area (Å²) in [6, 6.07) is 13.4. The molecule has 1 amide bonds. The Hall–Kier alpha value is -4.23. The molecule has 1 aliphatic rings. The first-order valence-corrected chi connectivity index (χ1v) is 11.5. The summed E-state index contributed by atoms with van der Waals surface area (Å²) in [5, 5.41) is 16.8. The molecule has 2 aromatic heterocycles. The summed E-state index contributed by atoms with van der Waals surface area (Å²) in [4.78, 5) is 32.8. The largest absolute Gasteiger partial charge is 0.423 e. The predicted molar refractivity (Wildman–Crippen MR) is 129 cm³/mol.